The number of rotatable bonds is 27. The summed E-state index contributed by atoms with van der Waals surface area (Å²) in [5.74, 6) is -6.44. The minimum absolute atomic E-state index is 0.000568. The summed E-state index contributed by atoms with van der Waals surface area (Å²) in [5, 5.41) is 23.2. The van der Waals surface area contributed by atoms with Gasteiger partial charge in [-0.25, -0.2) is 4.79 Å². The summed E-state index contributed by atoms with van der Waals surface area (Å²) in [4.78, 5) is 118. The van der Waals surface area contributed by atoms with E-state index in [2.05, 4.69) is 31.6 Å². The Hall–Kier alpha value is -8.48. The molecule has 0 radical (unpaired) electrons. The second-order valence-corrected chi connectivity index (χ2v) is 21.9. The number of esters is 1. The number of ether oxygens (including phenoxy) is 1. The molecular weight excluding hydrogens is 1130 g/mol. The largest absolute Gasteiger partial charge is 0.508 e. The van der Waals surface area contributed by atoms with Gasteiger partial charge in [-0.05, 0) is 104 Å². The number of benzene rings is 4. The second kappa shape index (κ2) is 30.0. The minimum atomic E-state index is -5.17. The van der Waals surface area contributed by atoms with Gasteiger partial charge >= 0.3 is 18.3 Å². The van der Waals surface area contributed by atoms with Crippen molar-refractivity contribution < 1.29 is 74.5 Å². The smallest absolute Gasteiger partial charge is 0.416 e. The Morgan fingerprint density at radius 2 is 1.38 bits per heavy atom. The molecule has 9 N–H and O–H groups in total. The third kappa shape index (κ3) is 18.8. The molecule has 1 aromatic heterocycles. The van der Waals surface area contributed by atoms with E-state index in [9.17, 15) is 69.8 Å². The summed E-state index contributed by atoms with van der Waals surface area (Å²) in [5.41, 5.74) is 4.67. The number of aromatic hydroxyl groups is 1. The molecule has 4 aromatic carbocycles. The SMILES string of the molecule is CCCCC(C(=O)N1CCC[C@H]1C(=O)N[C@@H](CC(C)C)C(=O)N[C@@H](Cc1c[nH]c2ccccc12)C(=O)OCc1cc(C(F)(F)F)cc(C(F)(F)F)c1)N(C)C(=O)[C@H](Cc1ccccc1)NC(=O)CNC(=O)[C@@H](C)NC(=O)[C@@H](N)Cc1ccc(O)cc1. The Bertz CT molecular complexity index is 3140. The van der Waals surface area contributed by atoms with E-state index >= 15 is 0 Å². The fourth-order valence-corrected chi connectivity index (χ4v) is 10.1. The van der Waals surface area contributed by atoms with E-state index in [1.165, 1.54) is 35.9 Å². The van der Waals surface area contributed by atoms with Crippen LogP contribution < -0.4 is 32.3 Å². The number of halogens is 6. The zero-order valence-corrected chi connectivity index (χ0v) is 48.3. The summed E-state index contributed by atoms with van der Waals surface area (Å²) in [7, 11) is 1.41. The Morgan fingerprint density at radius 3 is 2.02 bits per heavy atom. The van der Waals surface area contributed by atoms with Gasteiger partial charge in [0.1, 0.15) is 48.6 Å². The molecule has 1 unspecified atom stereocenters. The van der Waals surface area contributed by atoms with E-state index in [0.717, 1.165) is 0 Å². The van der Waals surface area contributed by atoms with E-state index in [0.29, 0.717) is 59.0 Å². The predicted octanol–water partition coefficient (Wildman–Crippen LogP) is 6.14. The maximum Gasteiger partial charge on any atom is 0.416 e. The molecule has 86 heavy (non-hydrogen) atoms. The molecule has 0 spiro atoms. The minimum Gasteiger partial charge on any atom is -0.508 e. The van der Waals surface area contributed by atoms with Gasteiger partial charge in [-0.15, -0.1) is 0 Å². The molecular formula is C61H73F6N9O10. The second-order valence-electron chi connectivity index (χ2n) is 21.9. The van der Waals surface area contributed by atoms with Crippen molar-refractivity contribution in [3.05, 3.63) is 137 Å². The van der Waals surface area contributed by atoms with Crippen molar-refractivity contribution in [2.24, 2.45) is 11.7 Å². The van der Waals surface area contributed by atoms with Gasteiger partial charge in [0.15, 0.2) is 0 Å². The topological polar surface area (TPSA) is 274 Å². The van der Waals surface area contributed by atoms with Gasteiger partial charge in [0.25, 0.3) is 0 Å². The number of carbonyl (C=O) groups is 8. The maximum atomic E-state index is 14.9. The van der Waals surface area contributed by atoms with E-state index in [4.69, 9.17) is 10.5 Å². The van der Waals surface area contributed by atoms with Gasteiger partial charge in [0.2, 0.25) is 41.4 Å². The number of hydrogen-bond donors (Lipinski definition) is 8. The molecule has 7 atom stereocenters. The van der Waals surface area contributed by atoms with Gasteiger partial charge in [-0.3, -0.25) is 33.6 Å². The number of phenols is 1. The fraction of sp³-hybridized carbons (Fsp3) is 0.443. The van der Waals surface area contributed by atoms with Crippen LogP contribution in [0.4, 0.5) is 26.3 Å². The highest BCUT2D eigenvalue weighted by molar-refractivity contribution is 5.97. The van der Waals surface area contributed by atoms with Gasteiger partial charge in [-0.2, -0.15) is 26.3 Å². The number of phenolic OH excluding ortho intramolecular Hbond substituents is 1. The van der Waals surface area contributed by atoms with Crippen molar-refractivity contribution in [2.75, 3.05) is 20.1 Å². The van der Waals surface area contributed by atoms with Crippen molar-refractivity contribution in [3.8, 4) is 5.75 Å². The molecule has 5 aromatic rings. The number of fused-ring (bicyclic) bond motifs is 1. The van der Waals surface area contributed by atoms with Crippen LogP contribution >= 0.6 is 0 Å². The first kappa shape index (κ1) is 66.7. The molecule has 7 amide bonds. The van der Waals surface area contributed by atoms with E-state index < -0.39 is 132 Å². The molecule has 6 rings (SSSR count). The van der Waals surface area contributed by atoms with Crippen LogP contribution in [0.15, 0.2) is 103 Å². The number of alkyl halides is 6. The highest BCUT2D eigenvalue weighted by Crippen LogP contribution is 2.37. The Kier molecular flexibility index (Phi) is 23.3. The number of carbonyl (C=O) groups excluding carboxylic acids is 8. The van der Waals surface area contributed by atoms with Crippen LogP contribution in [-0.4, -0.2) is 130 Å². The summed E-state index contributed by atoms with van der Waals surface area (Å²) >= 11 is 0. The number of nitrogens with two attached hydrogens (primary N) is 1. The van der Waals surface area contributed by atoms with Gasteiger partial charge < -0.3 is 56.9 Å². The first-order chi connectivity index (χ1) is 40.6. The van der Waals surface area contributed by atoms with Gasteiger partial charge in [-0.1, -0.05) is 94.3 Å². The number of hydrogen-bond acceptors (Lipinski definition) is 11. The number of nitrogens with one attached hydrogen (secondary N) is 6. The van der Waals surface area contributed by atoms with Crippen molar-refractivity contribution >= 4 is 58.2 Å². The fourth-order valence-electron chi connectivity index (χ4n) is 10.1. The number of likely N-dealkylation sites (N-methyl/N-ethyl adjacent to an activating group) is 1. The average molecular weight is 1210 g/mol. The average Bonchev–Trinajstić information content (AvgIpc) is 3.96. The number of amides is 7. The molecule has 1 aliphatic rings. The van der Waals surface area contributed by atoms with E-state index in [1.807, 2.05) is 6.92 Å². The van der Waals surface area contributed by atoms with Crippen LogP contribution in [0.2, 0.25) is 0 Å². The van der Waals surface area contributed by atoms with Crippen molar-refractivity contribution in [3.63, 3.8) is 0 Å². The van der Waals surface area contributed by atoms with Gasteiger partial charge in [0.05, 0.1) is 23.7 Å². The van der Waals surface area contributed by atoms with Crippen LogP contribution in [-0.2, 0) is 81.3 Å². The van der Waals surface area contributed by atoms with Crippen molar-refractivity contribution in [2.45, 2.75) is 147 Å². The zero-order valence-electron chi connectivity index (χ0n) is 48.3. The summed E-state index contributed by atoms with van der Waals surface area (Å²) in [6, 6.07) is 13.9. The molecule has 464 valence electrons. The maximum absolute atomic E-state index is 14.9. The summed E-state index contributed by atoms with van der Waals surface area (Å²) in [6.45, 7) is 5.26. The quantitative estimate of drug-likeness (QED) is 0.0219. The van der Waals surface area contributed by atoms with Crippen LogP contribution in [0.5, 0.6) is 5.75 Å². The third-order valence-corrected chi connectivity index (χ3v) is 14.7. The number of aromatic nitrogens is 1. The highest BCUT2D eigenvalue weighted by Gasteiger charge is 2.42. The van der Waals surface area contributed by atoms with Gasteiger partial charge in [0, 0.05) is 43.5 Å². The Morgan fingerprint density at radius 1 is 0.744 bits per heavy atom. The Balaban J connectivity index is 1.15. The first-order valence-corrected chi connectivity index (χ1v) is 28.3. The Labute approximate surface area is 493 Å². The van der Waals surface area contributed by atoms with Crippen LogP contribution in [0.25, 0.3) is 10.9 Å². The molecule has 19 nitrogen and oxygen atoms in total. The number of para-hydroxylation sites is 1. The number of likely N-dealkylation sites (tertiary alicyclic amines) is 1. The normalized spacial score (nSPS) is 15.6. The lowest BCUT2D eigenvalue weighted by molar-refractivity contribution is -0.150. The van der Waals surface area contributed by atoms with Crippen molar-refractivity contribution in [1.82, 2.24) is 41.4 Å². The number of aromatic amines is 1. The molecule has 1 saturated heterocycles. The van der Waals surface area contributed by atoms with E-state index in [-0.39, 0.29) is 62.8 Å². The lowest BCUT2D eigenvalue weighted by Gasteiger charge is -2.35. The molecule has 0 bridgehead atoms. The van der Waals surface area contributed by atoms with E-state index in [1.54, 1.807) is 86.8 Å². The molecule has 1 aliphatic heterocycles. The third-order valence-electron chi connectivity index (χ3n) is 14.7. The molecule has 0 aliphatic carbocycles. The number of H-pyrrole nitrogens is 1. The van der Waals surface area contributed by atoms with Crippen molar-refractivity contribution in [1.29, 1.82) is 0 Å². The zero-order chi connectivity index (χ0) is 63.0. The molecule has 1 fully saturated rings. The first-order valence-electron chi connectivity index (χ1n) is 28.3. The molecule has 25 heteroatoms. The highest BCUT2D eigenvalue weighted by atomic mass is 19.4. The summed E-state index contributed by atoms with van der Waals surface area (Å²) < 4.78 is 87.7. The molecule has 0 saturated carbocycles. The lowest BCUT2D eigenvalue weighted by Crippen LogP contribution is -2.59. The van der Waals surface area contributed by atoms with Crippen LogP contribution in [0.3, 0.4) is 0 Å². The lowest BCUT2D eigenvalue weighted by atomic mass is 10.00. The number of nitrogens with zero attached hydrogens (tertiary/aromatic N) is 2. The standard InChI is InChI=1S/C61H73F6N9O10/c1-6-7-18-51(75(5)57(83)48(29-37-14-9-8-10-15-37)72-52(78)33-70-53(79)36(4)71-54(80)45(68)28-38-20-22-43(77)23-21-38)58(84)76-24-13-19-50(76)56(82)73-47(25-35(2)3)55(81)74-49(30-40-32-69-46-17-12-11-16-44(40)46)59(85)86-34-39-26-41(60(62,63)64)31-42(27-39)61(65,66)67/h8-12,14-17,20-23,26-27,31-32,35-36,45,47-51,69,77H,6-7,13,18-19,24-25,28-30,33-34,68H2,1-5H3,(H,70,79)(H,71,80)(H,72,78)(H,73,82)(H,74,81)/t36-,45+,47+,48+,49+,50+,51?/m1/s1. The van der Waals surface area contributed by atoms with Crippen LogP contribution in [0, 0.1) is 5.92 Å². The van der Waals surface area contributed by atoms with Crippen LogP contribution in [0.1, 0.15) is 99.6 Å². The molecule has 2 heterocycles. The number of unbranched alkanes of at least 4 members (excludes halogenated alkanes) is 1. The summed E-state index contributed by atoms with van der Waals surface area (Å²) in [6.07, 6.45) is -7.25. The monoisotopic (exact) mass is 1210 g/mol. The predicted molar refractivity (Wildman–Crippen MR) is 305 cm³/mol.